The minimum absolute atomic E-state index is 0.147. The van der Waals surface area contributed by atoms with E-state index in [1.165, 1.54) is 27.8 Å². The zero-order chi connectivity index (χ0) is 21.5. The van der Waals surface area contributed by atoms with Crippen molar-refractivity contribution in [1.29, 1.82) is 0 Å². The number of hydrogen-bond donors (Lipinski definition) is 0. The monoisotopic (exact) mass is 398 g/mol. The van der Waals surface area contributed by atoms with Crippen LogP contribution in [0.2, 0.25) is 0 Å². The molecular formula is C27H30N2O. The van der Waals surface area contributed by atoms with Crippen molar-refractivity contribution in [2.24, 2.45) is 0 Å². The number of pyridine rings is 1. The molecule has 3 nitrogen and oxygen atoms in total. The third-order valence-corrected chi connectivity index (χ3v) is 5.44. The van der Waals surface area contributed by atoms with Gasteiger partial charge in [0.25, 0.3) is 0 Å². The van der Waals surface area contributed by atoms with Gasteiger partial charge >= 0.3 is 0 Å². The summed E-state index contributed by atoms with van der Waals surface area (Å²) >= 11 is 0. The van der Waals surface area contributed by atoms with Crippen LogP contribution in [0, 0.1) is 6.92 Å². The Bertz CT molecular complexity index is 1160. The lowest BCUT2D eigenvalue weighted by molar-refractivity contribution is 0.242. The van der Waals surface area contributed by atoms with Gasteiger partial charge in [-0.05, 0) is 61.1 Å². The van der Waals surface area contributed by atoms with Gasteiger partial charge < -0.3 is 4.74 Å². The molecule has 0 aliphatic heterocycles. The van der Waals surface area contributed by atoms with Crippen molar-refractivity contribution in [3.05, 3.63) is 78.1 Å². The normalized spacial score (nSPS) is 12.0. The van der Waals surface area contributed by atoms with Gasteiger partial charge in [-0.25, -0.2) is 4.98 Å². The molecule has 4 rings (SSSR count). The molecule has 0 saturated heterocycles. The van der Waals surface area contributed by atoms with Crippen LogP contribution < -0.4 is 4.74 Å². The minimum Gasteiger partial charge on any atom is -0.491 e. The van der Waals surface area contributed by atoms with Crippen molar-refractivity contribution in [2.75, 3.05) is 0 Å². The van der Waals surface area contributed by atoms with Crippen LogP contribution in [0.1, 0.15) is 45.7 Å². The van der Waals surface area contributed by atoms with Crippen LogP contribution in [0.5, 0.6) is 5.75 Å². The number of benzene rings is 2. The number of aromatic nitrogens is 2. The van der Waals surface area contributed by atoms with Crippen molar-refractivity contribution in [3.8, 4) is 28.1 Å². The van der Waals surface area contributed by atoms with Crippen molar-refractivity contribution in [3.63, 3.8) is 0 Å². The summed E-state index contributed by atoms with van der Waals surface area (Å²) in [6.45, 7) is 12.9. The molecule has 2 aromatic heterocycles. The first-order chi connectivity index (χ1) is 14.2. The van der Waals surface area contributed by atoms with Crippen LogP contribution in [0.25, 0.3) is 28.0 Å². The van der Waals surface area contributed by atoms with Crippen LogP contribution in [0.15, 0.2) is 67.0 Å². The summed E-state index contributed by atoms with van der Waals surface area (Å²) in [5, 5.41) is 0. The molecule has 4 aromatic rings. The Labute approximate surface area is 179 Å². The summed E-state index contributed by atoms with van der Waals surface area (Å²) < 4.78 is 7.98. The lowest BCUT2D eigenvalue weighted by Gasteiger charge is -2.19. The second kappa shape index (κ2) is 7.64. The molecule has 0 spiro atoms. The maximum absolute atomic E-state index is 5.79. The first-order valence-corrected chi connectivity index (χ1v) is 10.6. The van der Waals surface area contributed by atoms with Crippen molar-refractivity contribution in [1.82, 2.24) is 9.38 Å². The SMILES string of the molecule is Cc1cc2ncc(-c3ccc(C(C)(C)C)cc3)n2cc1-c1ccc(OC(C)C)cc1. The highest BCUT2D eigenvalue weighted by Gasteiger charge is 2.15. The molecule has 3 heteroatoms. The Kier molecular flexibility index (Phi) is 5.15. The maximum Gasteiger partial charge on any atom is 0.137 e. The zero-order valence-corrected chi connectivity index (χ0v) is 18.7. The third kappa shape index (κ3) is 3.97. The highest BCUT2D eigenvalue weighted by Crippen LogP contribution is 2.30. The third-order valence-electron chi connectivity index (χ3n) is 5.44. The van der Waals surface area contributed by atoms with E-state index in [1.807, 2.05) is 32.2 Å². The number of imidazole rings is 1. The fraction of sp³-hybridized carbons (Fsp3) is 0.296. The Hall–Kier alpha value is -3.07. The molecule has 0 unspecified atom stereocenters. The second-order valence-corrected chi connectivity index (χ2v) is 9.26. The number of fused-ring (bicyclic) bond motifs is 1. The van der Waals surface area contributed by atoms with Crippen LogP contribution in [0.4, 0.5) is 0 Å². The van der Waals surface area contributed by atoms with Gasteiger partial charge in [0.1, 0.15) is 11.4 Å². The fourth-order valence-corrected chi connectivity index (χ4v) is 3.76. The van der Waals surface area contributed by atoms with E-state index >= 15 is 0 Å². The van der Waals surface area contributed by atoms with Gasteiger partial charge in [0, 0.05) is 17.3 Å². The van der Waals surface area contributed by atoms with Crippen molar-refractivity contribution in [2.45, 2.75) is 53.1 Å². The van der Waals surface area contributed by atoms with Crippen molar-refractivity contribution >= 4 is 5.65 Å². The molecule has 154 valence electrons. The van der Waals surface area contributed by atoms with E-state index in [4.69, 9.17) is 4.74 Å². The topological polar surface area (TPSA) is 26.5 Å². The number of nitrogens with zero attached hydrogens (tertiary/aromatic N) is 2. The zero-order valence-electron chi connectivity index (χ0n) is 18.7. The fourth-order valence-electron chi connectivity index (χ4n) is 3.76. The van der Waals surface area contributed by atoms with E-state index in [9.17, 15) is 0 Å². The molecule has 0 atom stereocenters. The summed E-state index contributed by atoms with van der Waals surface area (Å²) in [4.78, 5) is 4.65. The number of hydrogen-bond acceptors (Lipinski definition) is 2. The molecule has 2 aromatic carbocycles. The Balaban J connectivity index is 1.74. The minimum atomic E-state index is 0.147. The average Bonchev–Trinajstić information content (AvgIpc) is 3.09. The van der Waals surface area contributed by atoms with Gasteiger partial charge in [0.15, 0.2) is 0 Å². The summed E-state index contributed by atoms with van der Waals surface area (Å²) in [6, 6.07) is 19.3. The van der Waals surface area contributed by atoms with Crippen LogP contribution in [-0.4, -0.2) is 15.5 Å². The molecule has 0 amide bonds. The second-order valence-electron chi connectivity index (χ2n) is 9.26. The number of aryl methyl sites for hydroxylation is 1. The molecule has 0 aliphatic rings. The van der Waals surface area contributed by atoms with Crippen molar-refractivity contribution < 1.29 is 4.74 Å². The molecule has 30 heavy (non-hydrogen) atoms. The smallest absolute Gasteiger partial charge is 0.137 e. The lowest BCUT2D eigenvalue weighted by atomic mass is 9.86. The number of ether oxygens (including phenoxy) is 1. The quantitative estimate of drug-likeness (QED) is 0.368. The molecule has 0 bridgehead atoms. The highest BCUT2D eigenvalue weighted by atomic mass is 16.5. The van der Waals surface area contributed by atoms with Crippen LogP contribution >= 0.6 is 0 Å². The summed E-state index contributed by atoms with van der Waals surface area (Å²) in [5.41, 5.74) is 8.30. The molecule has 0 saturated carbocycles. The Morgan fingerprint density at radius 3 is 2.13 bits per heavy atom. The van der Waals surface area contributed by atoms with E-state index < -0.39 is 0 Å². The molecule has 2 heterocycles. The molecule has 0 fully saturated rings. The predicted molar refractivity (Wildman–Crippen MR) is 125 cm³/mol. The van der Waals surface area contributed by atoms with Crippen LogP contribution in [-0.2, 0) is 5.41 Å². The van der Waals surface area contributed by atoms with Gasteiger partial charge in [0.05, 0.1) is 18.0 Å². The number of rotatable bonds is 4. The molecular weight excluding hydrogens is 368 g/mol. The van der Waals surface area contributed by atoms with E-state index in [0.29, 0.717) is 0 Å². The van der Waals surface area contributed by atoms with Gasteiger partial charge in [0.2, 0.25) is 0 Å². The van der Waals surface area contributed by atoms with Gasteiger partial charge in [-0.3, -0.25) is 4.40 Å². The Morgan fingerprint density at radius 2 is 1.53 bits per heavy atom. The lowest BCUT2D eigenvalue weighted by Crippen LogP contribution is -2.10. The van der Waals surface area contributed by atoms with Gasteiger partial charge in [-0.2, -0.15) is 0 Å². The van der Waals surface area contributed by atoms with E-state index in [1.54, 1.807) is 0 Å². The standard InChI is InChI=1S/C27H30N2O/c1-18(2)30-23-13-9-20(10-14-23)24-17-29-25(16-28-26(29)15-19(24)3)21-7-11-22(12-8-21)27(4,5)6/h7-18H,1-6H3. The van der Waals surface area contributed by atoms with Crippen LogP contribution in [0.3, 0.4) is 0 Å². The van der Waals surface area contributed by atoms with E-state index in [2.05, 4.69) is 85.7 Å². The predicted octanol–water partition coefficient (Wildman–Crippen LogP) is 7.06. The molecule has 0 aliphatic carbocycles. The van der Waals surface area contributed by atoms with E-state index in [-0.39, 0.29) is 11.5 Å². The largest absolute Gasteiger partial charge is 0.491 e. The summed E-state index contributed by atoms with van der Waals surface area (Å²) in [6.07, 6.45) is 4.33. The van der Waals surface area contributed by atoms with E-state index in [0.717, 1.165) is 17.1 Å². The van der Waals surface area contributed by atoms with Gasteiger partial charge in [-0.15, -0.1) is 0 Å². The van der Waals surface area contributed by atoms with Gasteiger partial charge in [-0.1, -0.05) is 57.2 Å². The average molecular weight is 399 g/mol. The summed E-state index contributed by atoms with van der Waals surface area (Å²) in [7, 11) is 0. The Morgan fingerprint density at radius 1 is 0.900 bits per heavy atom. The molecule has 0 radical (unpaired) electrons. The maximum atomic E-state index is 5.79. The first-order valence-electron chi connectivity index (χ1n) is 10.6. The first kappa shape index (κ1) is 20.2. The molecule has 0 N–H and O–H groups in total. The highest BCUT2D eigenvalue weighted by molar-refractivity contribution is 5.72. The summed E-state index contributed by atoms with van der Waals surface area (Å²) in [5.74, 6) is 0.898.